The highest BCUT2D eigenvalue weighted by Crippen LogP contribution is 2.34. The summed E-state index contributed by atoms with van der Waals surface area (Å²) < 4.78 is 5.72. The monoisotopic (exact) mass is 590 g/mol. The zero-order valence-electron chi connectivity index (χ0n) is 26.1. The average Bonchev–Trinajstić information content (AvgIpc) is 3.65. The number of hydrogen-bond acceptors (Lipinski definition) is 5. The van der Waals surface area contributed by atoms with Crippen LogP contribution >= 0.6 is 0 Å². The number of ether oxygens (including phenoxy) is 1. The molecule has 0 bridgehead atoms. The third-order valence-corrected chi connectivity index (χ3v) is 7.86. The molecule has 232 valence electrons. The Morgan fingerprint density at radius 3 is 2.26 bits per heavy atom. The number of nitrogens with one attached hydrogen (secondary N) is 2. The molecular weight excluding hydrogens is 544 g/mol. The summed E-state index contributed by atoms with van der Waals surface area (Å²) in [6.45, 7) is 10.5. The van der Waals surface area contributed by atoms with Crippen molar-refractivity contribution < 1.29 is 23.9 Å². The van der Waals surface area contributed by atoms with Crippen molar-refractivity contribution in [2.75, 3.05) is 19.7 Å². The minimum absolute atomic E-state index is 0.0133. The van der Waals surface area contributed by atoms with Crippen LogP contribution in [0.25, 0.3) is 0 Å². The molecule has 9 nitrogen and oxygen atoms in total. The fourth-order valence-electron chi connectivity index (χ4n) is 6.04. The first-order valence-electron chi connectivity index (χ1n) is 15.4. The van der Waals surface area contributed by atoms with E-state index in [2.05, 4.69) is 22.8 Å². The van der Waals surface area contributed by atoms with Crippen LogP contribution in [0.3, 0.4) is 0 Å². The highest BCUT2D eigenvalue weighted by atomic mass is 16.5. The zero-order valence-corrected chi connectivity index (χ0v) is 26.1. The van der Waals surface area contributed by atoms with Gasteiger partial charge in [0.05, 0.1) is 11.6 Å². The van der Waals surface area contributed by atoms with Crippen molar-refractivity contribution in [3.8, 4) is 5.75 Å². The first-order chi connectivity index (χ1) is 20.4. The maximum absolute atomic E-state index is 14.0. The topological polar surface area (TPSA) is 108 Å². The number of rotatable bonds is 10. The first kappa shape index (κ1) is 32.0. The first-order valence-corrected chi connectivity index (χ1v) is 15.4. The van der Waals surface area contributed by atoms with Gasteiger partial charge >= 0.3 is 0 Å². The number of amides is 4. The molecule has 4 amide bonds. The molecule has 2 N–H and O–H groups in total. The SMILES string of the molecule is CC(C)C[C@@H](NC(=O)c1ccccc1OCC(=O)NC(C)(C)C)C(=O)N1CCC[C@@H]1C(=O)N1CCC[C@@H]1c1ccccc1. The lowest BCUT2D eigenvalue weighted by Crippen LogP contribution is -2.54. The lowest BCUT2D eigenvalue weighted by atomic mass is 10.0. The number of carbonyl (C=O) groups is 4. The Hall–Kier alpha value is -3.88. The van der Waals surface area contributed by atoms with Gasteiger partial charge in [0.25, 0.3) is 11.8 Å². The summed E-state index contributed by atoms with van der Waals surface area (Å²) in [7, 11) is 0. The number of benzene rings is 2. The normalized spacial score (nSPS) is 19.3. The van der Waals surface area contributed by atoms with Crippen molar-refractivity contribution in [3.63, 3.8) is 0 Å². The van der Waals surface area contributed by atoms with E-state index in [-0.39, 0.29) is 47.6 Å². The second kappa shape index (κ2) is 14.1. The second-order valence-electron chi connectivity index (χ2n) is 13.0. The van der Waals surface area contributed by atoms with E-state index in [9.17, 15) is 19.2 Å². The molecule has 2 heterocycles. The van der Waals surface area contributed by atoms with Crippen LogP contribution in [0.15, 0.2) is 54.6 Å². The fourth-order valence-corrected chi connectivity index (χ4v) is 6.04. The van der Waals surface area contributed by atoms with Gasteiger partial charge in [0.1, 0.15) is 17.8 Å². The van der Waals surface area contributed by atoms with Gasteiger partial charge in [-0.2, -0.15) is 0 Å². The number of nitrogens with zero attached hydrogens (tertiary/aromatic N) is 2. The lowest BCUT2D eigenvalue weighted by molar-refractivity contribution is -0.145. The Balaban J connectivity index is 1.47. The van der Waals surface area contributed by atoms with Crippen molar-refractivity contribution >= 4 is 23.6 Å². The molecule has 2 fully saturated rings. The number of para-hydroxylation sites is 1. The molecule has 0 radical (unpaired) electrons. The quantitative estimate of drug-likeness (QED) is 0.424. The Morgan fingerprint density at radius 1 is 0.907 bits per heavy atom. The molecule has 9 heteroatoms. The second-order valence-corrected chi connectivity index (χ2v) is 13.0. The predicted molar refractivity (Wildman–Crippen MR) is 165 cm³/mol. The maximum atomic E-state index is 14.0. The van der Waals surface area contributed by atoms with E-state index in [1.165, 1.54) is 0 Å². The van der Waals surface area contributed by atoms with Crippen LogP contribution in [-0.4, -0.2) is 70.7 Å². The van der Waals surface area contributed by atoms with Gasteiger partial charge in [-0.3, -0.25) is 19.2 Å². The molecule has 2 aliphatic heterocycles. The zero-order chi connectivity index (χ0) is 31.1. The summed E-state index contributed by atoms with van der Waals surface area (Å²) in [5, 5.41) is 5.77. The predicted octanol–water partition coefficient (Wildman–Crippen LogP) is 4.48. The van der Waals surface area contributed by atoms with Gasteiger partial charge in [0.15, 0.2) is 6.61 Å². The van der Waals surface area contributed by atoms with Crippen LogP contribution in [0.5, 0.6) is 5.75 Å². The highest BCUT2D eigenvalue weighted by molar-refractivity contribution is 6.00. The van der Waals surface area contributed by atoms with Crippen LogP contribution in [0.1, 0.15) is 88.7 Å². The summed E-state index contributed by atoms with van der Waals surface area (Å²) >= 11 is 0. The van der Waals surface area contributed by atoms with Crippen molar-refractivity contribution in [2.45, 2.75) is 90.4 Å². The molecule has 4 rings (SSSR count). The lowest BCUT2D eigenvalue weighted by Gasteiger charge is -2.34. The van der Waals surface area contributed by atoms with E-state index in [4.69, 9.17) is 4.74 Å². The number of carbonyl (C=O) groups excluding carboxylic acids is 4. The minimum atomic E-state index is -0.804. The molecule has 0 aliphatic carbocycles. The van der Waals surface area contributed by atoms with Crippen LogP contribution in [0, 0.1) is 5.92 Å². The van der Waals surface area contributed by atoms with Crippen LogP contribution in [0.4, 0.5) is 0 Å². The Bertz CT molecular complexity index is 1290. The van der Waals surface area contributed by atoms with Gasteiger partial charge < -0.3 is 25.2 Å². The van der Waals surface area contributed by atoms with Crippen LogP contribution < -0.4 is 15.4 Å². The number of hydrogen-bond donors (Lipinski definition) is 2. The molecule has 2 aromatic carbocycles. The average molecular weight is 591 g/mol. The molecule has 2 aliphatic rings. The molecule has 3 atom stereocenters. The summed E-state index contributed by atoms with van der Waals surface area (Å²) in [6, 6.07) is 15.4. The van der Waals surface area contributed by atoms with E-state index in [0.29, 0.717) is 25.9 Å². The third-order valence-electron chi connectivity index (χ3n) is 7.86. The van der Waals surface area contributed by atoms with Gasteiger partial charge in [0, 0.05) is 18.6 Å². The Morgan fingerprint density at radius 2 is 1.56 bits per heavy atom. The van der Waals surface area contributed by atoms with Gasteiger partial charge in [-0.1, -0.05) is 56.3 Å². The molecule has 2 saturated heterocycles. The van der Waals surface area contributed by atoms with Crippen LogP contribution in [-0.2, 0) is 14.4 Å². The molecule has 0 aromatic heterocycles. The molecule has 2 aromatic rings. The maximum Gasteiger partial charge on any atom is 0.258 e. The Labute approximate surface area is 255 Å². The van der Waals surface area contributed by atoms with Crippen molar-refractivity contribution in [3.05, 3.63) is 65.7 Å². The molecule has 43 heavy (non-hydrogen) atoms. The minimum Gasteiger partial charge on any atom is -0.483 e. The third kappa shape index (κ3) is 8.36. The fraction of sp³-hybridized carbons (Fsp3) is 0.529. The number of likely N-dealkylation sites (tertiary alicyclic amines) is 2. The van der Waals surface area contributed by atoms with Gasteiger partial charge in [-0.15, -0.1) is 0 Å². The molecule has 0 spiro atoms. The van der Waals surface area contributed by atoms with Gasteiger partial charge in [-0.05, 0) is 76.5 Å². The smallest absolute Gasteiger partial charge is 0.258 e. The summed E-state index contributed by atoms with van der Waals surface area (Å²) in [4.78, 5) is 57.4. The van der Waals surface area contributed by atoms with Gasteiger partial charge in [0.2, 0.25) is 11.8 Å². The highest BCUT2D eigenvalue weighted by Gasteiger charge is 2.42. The standard InChI is InChI=1S/C34H46N4O5/c1-23(2)21-26(35-31(40)25-15-9-10-18-29(25)43-22-30(39)36-34(3,4)5)32(41)38-20-12-17-28(38)33(42)37-19-11-16-27(37)24-13-7-6-8-14-24/h6-10,13-15,18,23,26-28H,11-12,16-17,19-22H2,1-5H3,(H,35,40)(H,36,39)/t26-,27-,28-/m1/s1. The van der Waals surface area contributed by atoms with Crippen LogP contribution in [0.2, 0.25) is 0 Å². The molecule has 0 unspecified atom stereocenters. The summed E-state index contributed by atoms with van der Waals surface area (Å²) in [5.41, 5.74) is 0.948. The summed E-state index contributed by atoms with van der Waals surface area (Å²) in [5.74, 6) is -0.630. The van der Waals surface area contributed by atoms with Gasteiger partial charge in [-0.25, -0.2) is 0 Å². The van der Waals surface area contributed by atoms with E-state index < -0.39 is 23.5 Å². The van der Waals surface area contributed by atoms with E-state index >= 15 is 0 Å². The Kier molecular flexibility index (Phi) is 10.5. The van der Waals surface area contributed by atoms with E-state index in [1.54, 1.807) is 29.2 Å². The summed E-state index contributed by atoms with van der Waals surface area (Å²) in [6.07, 6.45) is 3.61. The van der Waals surface area contributed by atoms with Crippen molar-refractivity contribution in [2.24, 2.45) is 5.92 Å². The molecule has 0 saturated carbocycles. The van der Waals surface area contributed by atoms with E-state index in [0.717, 1.165) is 24.8 Å². The van der Waals surface area contributed by atoms with E-state index in [1.807, 2.05) is 57.7 Å². The van der Waals surface area contributed by atoms with Crippen molar-refractivity contribution in [1.29, 1.82) is 0 Å². The van der Waals surface area contributed by atoms with Crippen molar-refractivity contribution in [1.82, 2.24) is 20.4 Å². The molecular formula is C34H46N4O5. The largest absolute Gasteiger partial charge is 0.483 e.